The molecule has 1 aromatic carbocycles. The summed E-state index contributed by atoms with van der Waals surface area (Å²) in [7, 11) is 1.51. The molecule has 4 unspecified atom stereocenters. The molecule has 1 aromatic rings. The number of hydrogen-bond donors (Lipinski definition) is 3. The Morgan fingerprint density at radius 2 is 1.74 bits per heavy atom. The Hall–Kier alpha value is -3.14. The highest BCUT2D eigenvalue weighted by atomic mass is 16.6. The van der Waals surface area contributed by atoms with Crippen LogP contribution < -0.4 is 16.4 Å². The topological polar surface area (TPSA) is 134 Å². The zero-order chi connectivity index (χ0) is 30.6. The van der Waals surface area contributed by atoms with Crippen LogP contribution in [-0.2, 0) is 25.5 Å². The Bertz CT molecular complexity index is 1140. The number of likely N-dealkylation sites (N-methyl/N-ethyl adjacent to an activating group) is 1. The first-order valence-corrected chi connectivity index (χ1v) is 15.6. The Labute approximate surface area is 250 Å². The minimum atomic E-state index is -0.856. The van der Waals surface area contributed by atoms with Crippen molar-refractivity contribution in [2.24, 2.45) is 11.7 Å². The highest BCUT2D eigenvalue weighted by Crippen LogP contribution is 2.32. The van der Waals surface area contributed by atoms with E-state index in [-0.39, 0.29) is 36.4 Å². The Morgan fingerprint density at radius 3 is 2.43 bits per heavy atom. The summed E-state index contributed by atoms with van der Waals surface area (Å²) in [5, 5.41) is 6.19. The van der Waals surface area contributed by atoms with Crippen LogP contribution in [0.15, 0.2) is 24.3 Å². The molecule has 0 spiro atoms. The Balaban J connectivity index is 1.50. The number of nitrogens with one attached hydrogen (secondary N) is 2. The summed E-state index contributed by atoms with van der Waals surface area (Å²) >= 11 is 0. The molecule has 3 aliphatic rings. The van der Waals surface area contributed by atoms with Gasteiger partial charge in [0.1, 0.15) is 23.7 Å². The number of nitrogens with two attached hydrogens (primary N) is 1. The molecule has 4 rings (SSSR count). The third-order valence-electron chi connectivity index (χ3n) is 8.93. The number of ether oxygens (including phenoxy) is 1. The van der Waals surface area contributed by atoms with Crippen molar-refractivity contribution in [2.75, 3.05) is 13.6 Å². The molecule has 232 valence electrons. The predicted octanol–water partition coefficient (Wildman–Crippen LogP) is 3.43. The van der Waals surface area contributed by atoms with Gasteiger partial charge in [0.25, 0.3) is 0 Å². The van der Waals surface area contributed by atoms with Crippen molar-refractivity contribution < 1.29 is 23.9 Å². The van der Waals surface area contributed by atoms with E-state index in [0.717, 1.165) is 56.9 Å². The fourth-order valence-electron chi connectivity index (χ4n) is 6.50. The highest BCUT2D eigenvalue weighted by Gasteiger charge is 2.44. The first-order chi connectivity index (χ1) is 19.9. The van der Waals surface area contributed by atoms with Gasteiger partial charge in [-0.05, 0) is 83.3 Å². The largest absolute Gasteiger partial charge is 0.444 e. The Kier molecular flexibility index (Phi) is 10.2. The van der Waals surface area contributed by atoms with Gasteiger partial charge in [0.2, 0.25) is 17.7 Å². The molecular weight excluding hydrogens is 534 g/mol. The number of fused-ring (bicyclic) bond motifs is 1. The minimum Gasteiger partial charge on any atom is -0.444 e. The fourth-order valence-corrected chi connectivity index (χ4v) is 6.50. The van der Waals surface area contributed by atoms with E-state index in [1.165, 1.54) is 17.5 Å². The number of nitrogens with zero attached hydrogens (tertiary/aromatic N) is 2. The van der Waals surface area contributed by atoms with Crippen LogP contribution in [0.4, 0.5) is 4.79 Å². The highest BCUT2D eigenvalue weighted by molar-refractivity contribution is 5.94. The van der Waals surface area contributed by atoms with Crippen molar-refractivity contribution in [3.8, 4) is 0 Å². The van der Waals surface area contributed by atoms with Crippen LogP contribution in [0.3, 0.4) is 0 Å². The number of aryl methyl sites for hydroxylation is 1. The zero-order valence-corrected chi connectivity index (χ0v) is 25.9. The lowest BCUT2D eigenvalue weighted by Gasteiger charge is -2.36. The molecule has 0 radical (unpaired) electrons. The average Bonchev–Trinajstić information content (AvgIpc) is 3.36. The van der Waals surface area contributed by atoms with E-state index in [4.69, 9.17) is 10.5 Å². The summed E-state index contributed by atoms with van der Waals surface area (Å²) in [6.45, 7) is 7.17. The van der Waals surface area contributed by atoms with E-state index in [0.29, 0.717) is 6.42 Å². The van der Waals surface area contributed by atoms with Gasteiger partial charge < -0.3 is 26.0 Å². The lowest BCUT2D eigenvalue weighted by Crippen LogP contribution is -2.59. The summed E-state index contributed by atoms with van der Waals surface area (Å²) in [6, 6.07) is 5.38. The van der Waals surface area contributed by atoms with E-state index >= 15 is 0 Å². The summed E-state index contributed by atoms with van der Waals surface area (Å²) in [6.07, 6.45) is 7.24. The molecule has 0 aromatic heterocycles. The van der Waals surface area contributed by atoms with E-state index < -0.39 is 35.7 Å². The van der Waals surface area contributed by atoms with Crippen LogP contribution in [-0.4, -0.2) is 77.0 Å². The van der Waals surface area contributed by atoms with Crippen LogP contribution in [0.1, 0.15) is 96.2 Å². The second-order valence-electron chi connectivity index (χ2n) is 13.3. The molecule has 1 heterocycles. The molecule has 10 heteroatoms. The summed E-state index contributed by atoms with van der Waals surface area (Å²) in [5.41, 5.74) is 8.01. The number of hydrogen-bond acceptors (Lipinski definition) is 6. The van der Waals surface area contributed by atoms with Crippen LogP contribution in [0, 0.1) is 5.92 Å². The van der Waals surface area contributed by atoms with Gasteiger partial charge in [-0.25, -0.2) is 4.79 Å². The van der Waals surface area contributed by atoms with Crippen LogP contribution >= 0.6 is 0 Å². The number of carbonyl (C=O) groups excluding carboxylic acids is 4. The van der Waals surface area contributed by atoms with Gasteiger partial charge >= 0.3 is 6.09 Å². The first-order valence-electron chi connectivity index (χ1n) is 15.6. The molecule has 5 atom stereocenters. The number of benzene rings is 1. The average molecular weight is 584 g/mol. The number of carbonyl (C=O) groups is 4. The van der Waals surface area contributed by atoms with Gasteiger partial charge in [0.05, 0.1) is 6.04 Å². The molecular formula is C32H49N5O5. The van der Waals surface area contributed by atoms with Gasteiger partial charge in [-0.1, -0.05) is 43.5 Å². The standard InChI is InChI=1S/C32H49N5O5/c1-20(36(5)31(41)42-32(2,3)4)28(38)35-27(22-13-7-6-8-14-22)30(40)37-19-23(33)18-26(37)29(39)34-25-17-11-15-21-12-9-10-16-24(21)25/h9-10,12,16,20,22-23,25-27H,6-8,11,13-15,17-19,33H2,1-5H3,(H,34,39)(H,35,38)/t20-,23?,25?,26?,27?/m0/s1. The van der Waals surface area contributed by atoms with Crippen molar-refractivity contribution in [1.29, 1.82) is 0 Å². The second kappa shape index (κ2) is 13.4. The normalized spacial score (nSPS) is 24.2. The SMILES string of the molecule is C[C@@H](C(=O)NC(C(=O)N1CC(N)CC1C(=O)NC1CCCc2ccccc21)C1CCCCC1)N(C)C(=O)OC(C)(C)C. The number of likely N-dealkylation sites (tertiary alicyclic amines) is 1. The van der Waals surface area contributed by atoms with Crippen molar-refractivity contribution >= 4 is 23.8 Å². The predicted molar refractivity (Wildman–Crippen MR) is 160 cm³/mol. The van der Waals surface area contributed by atoms with E-state index in [1.54, 1.807) is 32.6 Å². The summed E-state index contributed by atoms with van der Waals surface area (Å²) in [5.74, 6) is -0.972. The number of rotatable bonds is 7. The molecule has 0 bridgehead atoms. The summed E-state index contributed by atoms with van der Waals surface area (Å²) in [4.78, 5) is 56.8. The summed E-state index contributed by atoms with van der Waals surface area (Å²) < 4.78 is 5.43. The molecule has 1 aliphatic heterocycles. The molecule has 4 N–H and O–H groups in total. The van der Waals surface area contributed by atoms with Crippen LogP contribution in [0.2, 0.25) is 0 Å². The zero-order valence-electron chi connectivity index (χ0n) is 25.9. The monoisotopic (exact) mass is 583 g/mol. The quantitative estimate of drug-likeness (QED) is 0.450. The van der Waals surface area contributed by atoms with Crippen molar-refractivity contribution in [1.82, 2.24) is 20.4 Å². The molecule has 10 nitrogen and oxygen atoms in total. The smallest absolute Gasteiger partial charge is 0.410 e. The van der Waals surface area contributed by atoms with Gasteiger partial charge in [0.15, 0.2) is 0 Å². The molecule has 1 saturated carbocycles. The van der Waals surface area contributed by atoms with Gasteiger partial charge in [-0.3, -0.25) is 19.3 Å². The molecule has 4 amide bonds. The van der Waals surface area contributed by atoms with Crippen LogP contribution in [0.5, 0.6) is 0 Å². The fraction of sp³-hybridized carbons (Fsp3) is 0.688. The van der Waals surface area contributed by atoms with Gasteiger partial charge in [0, 0.05) is 19.6 Å². The molecule has 1 saturated heterocycles. The lowest BCUT2D eigenvalue weighted by molar-refractivity contribution is -0.143. The van der Waals surface area contributed by atoms with E-state index in [2.05, 4.69) is 22.8 Å². The van der Waals surface area contributed by atoms with Crippen molar-refractivity contribution in [3.63, 3.8) is 0 Å². The maximum absolute atomic E-state index is 14.2. The Morgan fingerprint density at radius 1 is 1.05 bits per heavy atom. The first kappa shape index (κ1) is 31.8. The van der Waals surface area contributed by atoms with Crippen molar-refractivity contribution in [3.05, 3.63) is 35.4 Å². The third kappa shape index (κ3) is 7.62. The maximum atomic E-state index is 14.2. The molecule has 42 heavy (non-hydrogen) atoms. The molecule has 2 aliphatic carbocycles. The second-order valence-corrected chi connectivity index (χ2v) is 13.3. The van der Waals surface area contributed by atoms with E-state index in [9.17, 15) is 19.2 Å². The lowest BCUT2D eigenvalue weighted by atomic mass is 9.83. The van der Waals surface area contributed by atoms with Crippen molar-refractivity contribution in [2.45, 2.75) is 121 Å². The number of amides is 4. The molecule has 2 fully saturated rings. The van der Waals surface area contributed by atoms with Crippen LogP contribution in [0.25, 0.3) is 0 Å². The van der Waals surface area contributed by atoms with Gasteiger partial charge in [-0.2, -0.15) is 0 Å². The van der Waals surface area contributed by atoms with E-state index in [1.807, 2.05) is 12.1 Å². The van der Waals surface area contributed by atoms with Gasteiger partial charge in [-0.15, -0.1) is 0 Å². The maximum Gasteiger partial charge on any atom is 0.410 e. The minimum absolute atomic E-state index is 0.0556. The third-order valence-corrected chi connectivity index (χ3v) is 8.93.